The highest BCUT2D eigenvalue weighted by atomic mass is 16.1. The summed E-state index contributed by atoms with van der Waals surface area (Å²) >= 11 is 0. The number of rotatable bonds is 2. The van der Waals surface area contributed by atoms with Crippen LogP contribution in [0, 0.1) is 0 Å². The van der Waals surface area contributed by atoms with Crippen molar-refractivity contribution in [3.63, 3.8) is 0 Å². The Balaban J connectivity index is 1.97. The highest BCUT2D eigenvalue weighted by Gasteiger charge is 2.26. The molecule has 2 aromatic carbocycles. The molecule has 0 unspecified atom stereocenters. The van der Waals surface area contributed by atoms with Crippen molar-refractivity contribution in [2.24, 2.45) is 0 Å². The lowest BCUT2D eigenvalue weighted by Gasteiger charge is -2.09. The Hall–Kier alpha value is -2.35. The second kappa shape index (κ2) is 4.34. The molecule has 1 aromatic heterocycles. The van der Waals surface area contributed by atoms with E-state index in [0.717, 1.165) is 22.2 Å². The van der Waals surface area contributed by atoms with Gasteiger partial charge < -0.3 is 4.98 Å². The smallest absolute Gasteiger partial charge is 0.190 e. The number of aromatic nitrogens is 1. The highest BCUT2D eigenvalue weighted by Crippen LogP contribution is 2.43. The molecular formula is C18H15NO. The van der Waals surface area contributed by atoms with Gasteiger partial charge in [-0.15, -0.1) is 0 Å². The highest BCUT2D eigenvalue weighted by molar-refractivity contribution is 5.81. The SMILES string of the molecule is O=c1cc(-c2ccccc2C2CC2)[nH]c2ccccc12. The summed E-state index contributed by atoms with van der Waals surface area (Å²) < 4.78 is 0. The van der Waals surface area contributed by atoms with E-state index in [1.165, 1.54) is 18.4 Å². The largest absolute Gasteiger partial charge is 0.354 e. The molecule has 2 heteroatoms. The molecule has 2 nitrogen and oxygen atoms in total. The number of hydrogen-bond donors (Lipinski definition) is 1. The van der Waals surface area contributed by atoms with Crippen molar-refractivity contribution in [1.82, 2.24) is 4.98 Å². The Morgan fingerprint density at radius 2 is 1.70 bits per heavy atom. The van der Waals surface area contributed by atoms with Crippen molar-refractivity contribution in [1.29, 1.82) is 0 Å². The van der Waals surface area contributed by atoms with Gasteiger partial charge in [-0.25, -0.2) is 0 Å². The first kappa shape index (κ1) is 11.5. The lowest BCUT2D eigenvalue weighted by atomic mass is 9.99. The quantitative estimate of drug-likeness (QED) is 0.741. The summed E-state index contributed by atoms with van der Waals surface area (Å²) in [6.45, 7) is 0. The van der Waals surface area contributed by atoms with Gasteiger partial charge in [0.1, 0.15) is 0 Å². The van der Waals surface area contributed by atoms with Crippen LogP contribution in [0.2, 0.25) is 0 Å². The molecule has 0 saturated heterocycles. The van der Waals surface area contributed by atoms with Gasteiger partial charge in [0.05, 0.1) is 0 Å². The number of pyridine rings is 1. The van der Waals surface area contributed by atoms with Crippen molar-refractivity contribution in [3.8, 4) is 11.3 Å². The van der Waals surface area contributed by atoms with Crippen LogP contribution in [-0.2, 0) is 0 Å². The molecule has 0 spiro atoms. The topological polar surface area (TPSA) is 32.9 Å². The summed E-state index contributed by atoms with van der Waals surface area (Å²) in [4.78, 5) is 15.7. The number of hydrogen-bond acceptors (Lipinski definition) is 1. The van der Waals surface area contributed by atoms with E-state index >= 15 is 0 Å². The normalized spacial score (nSPS) is 14.6. The number of fused-ring (bicyclic) bond motifs is 1. The van der Waals surface area contributed by atoms with Crippen LogP contribution < -0.4 is 5.43 Å². The fourth-order valence-electron chi connectivity index (χ4n) is 2.83. The van der Waals surface area contributed by atoms with Crippen molar-refractivity contribution in [3.05, 3.63) is 70.4 Å². The minimum atomic E-state index is 0.0833. The number of para-hydroxylation sites is 1. The average Bonchev–Trinajstić information content (AvgIpc) is 3.32. The van der Waals surface area contributed by atoms with Crippen molar-refractivity contribution < 1.29 is 0 Å². The number of nitrogens with one attached hydrogen (secondary N) is 1. The van der Waals surface area contributed by atoms with Gasteiger partial charge in [-0.05, 0) is 36.5 Å². The maximum atomic E-state index is 12.2. The van der Waals surface area contributed by atoms with Crippen LogP contribution in [0.5, 0.6) is 0 Å². The van der Waals surface area contributed by atoms with Crippen molar-refractivity contribution in [2.75, 3.05) is 0 Å². The molecule has 0 aliphatic heterocycles. The fourth-order valence-corrected chi connectivity index (χ4v) is 2.83. The Morgan fingerprint density at radius 3 is 2.55 bits per heavy atom. The maximum Gasteiger partial charge on any atom is 0.190 e. The first-order chi connectivity index (χ1) is 9.83. The molecule has 0 atom stereocenters. The predicted octanol–water partition coefficient (Wildman–Crippen LogP) is 4.07. The molecule has 0 bridgehead atoms. The Kier molecular flexibility index (Phi) is 2.49. The molecule has 1 aliphatic rings. The van der Waals surface area contributed by atoms with Crippen LogP contribution in [0.3, 0.4) is 0 Å². The summed E-state index contributed by atoms with van der Waals surface area (Å²) in [5.74, 6) is 0.668. The standard InChI is InChI=1S/C18H15NO/c20-18-11-17(19-16-8-4-3-7-15(16)18)14-6-2-1-5-13(14)12-9-10-12/h1-8,11-12H,9-10H2,(H,19,20). The van der Waals surface area contributed by atoms with Gasteiger partial charge in [0.2, 0.25) is 0 Å². The zero-order chi connectivity index (χ0) is 13.5. The summed E-state index contributed by atoms with van der Waals surface area (Å²) in [7, 11) is 0. The molecule has 98 valence electrons. The monoisotopic (exact) mass is 261 g/mol. The van der Waals surface area contributed by atoms with Gasteiger partial charge in [-0.2, -0.15) is 0 Å². The van der Waals surface area contributed by atoms with Crippen LogP contribution >= 0.6 is 0 Å². The lowest BCUT2D eigenvalue weighted by molar-refractivity contribution is 1.13. The second-order valence-electron chi connectivity index (χ2n) is 5.45. The molecular weight excluding hydrogens is 246 g/mol. The van der Waals surface area contributed by atoms with Gasteiger partial charge in [0, 0.05) is 28.2 Å². The van der Waals surface area contributed by atoms with Crippen LogP contribution in [0.4, 0.5) is 0 Å². The van der Waals surface area contributed by atoms with Gasteiger partial charge >= 0.3 is 0 Å². The lowest BCUT2D eigenvalue weighted by Crippen LogP contribution is -2.03. The number of benzene rings is 2. The third kappa shape index (κ3) is 1.85. The first-order valence-corrected chi connectivity index (χ1v) is 7.04. The van der Waals surface area contributed by atoms with Gasteiger partial charge in [0.25, 0.3) is 0 Å². The van der Waals surface area contributed by atoms with Crippen molar-refractivity contribution in [2.45, 2.75) is 18.8 Å². The van der Waals surface area contributed by atoms with E-state index in [2.05, 4.69) is 23.2 Å². The van der Waals surface area contributed by atoms with Crippen LogP contribution in [0.1, 0.15) is 24.3 Å². The van der Waals surface area contributed by atoms with E-state index in [4.69, 9.17) is 0 Å². The van der Waals surface area contributed by atoms with Crippen LogP contribution in [-0.4, -0.2) is 4.98 Å². The van der Waals surface area contributed by atoms with E-state index < -0.39 is 0 Å². The zero-order valence-electron chi connectivity index (χ0n) is 11.1. The minimum absolute atomic E-state index is 0.0833. The molecule has 1 N–H and O–H groups in total. The average molecular weight is 261 g/mol. The van der Waals surface area contributed by atoms with E-state index in [1.807, 2.05) is 30.3 Å². The second-order valence-corrected chi connectivity index (χ2v) is 5.45. The van der Waals surface area contributed by atoms with Crippen LogP contribution in [0.25, 0.3) is 22.2 Å². The molecule has 20 heavy (non-hydrogen) atoms. The summed E-state index contributed by atoms with van der Waals surface area (Å²) in [5, 5.41) is 0.750. The summed E-state index contributed by atoms with van der Waals surface area (Å²) in [6, 6.07) is 17.8. The molecule has 1 aliphatic carbocycles. The Labute approximate surface area is 117 Å². The summed E-state index contributed by atoms with van der Waals surface area (Å²) in [5.41, 5.74) is 4.44. The van der Waals surface area contributed by atoms with E-state index in [-0.39, 0.29) is 5.43 Å². The maximum absolute atomic E-state index is 12.2. The molecule has 1 heterocycles. The number of H-pyrrole nitrogens is 1. The minimum Gasteiger partial charge on any atom is -0.354 e. The third-order valence-corrected chi connectivity index (χ3v) is 4.01. The van der Waals surface area contributed by atoms with E-state index in [1.54, 1.807) is 6.07 Å². The molecule has 4 rings (SSSR count). The fraction of sp³-hybridized carbons (Fsp3) is 0.167. The van der Waals surface area contributed by atoms with Gasteiger partial charge in [-0.3, -0.25) is 4.79 Å². The zero-order valence-corrected chi connectivity index (χ0v) is 11.1. The molecule has 1 saturated carbocycles. The molecule has 0 amide bonds. The van der Waals surface area contributed by atoms with Crippen LogP contribution in [0.15, 0.2) is 59.4 Å². The number of aromatic amines is 1. The van der Waals surface area contributed by atoms with E-state index in [0.29, 0.717) is 5.92 Å². The van der Waals surface area contributed by atoms with Gasteiger partial charge in [-0.1, -0.05) is 36.4 Å². The van der Waals surface area contributed by atoms with Crippen molar-refractivity contribution >= 4 is 10.9 Å². The first-order valence-electron chi connectivity index (χ1n) is 7.04. The van der Waals surface area contributed by atoms with Gasteiger partial charge in [0.15, 0.2) is 5.43 Å². The third-order valence-electron chi connectivity index (χ3n) is 4.01. The Bertz CT molecular complexity index is 843. The Morgan fingerprint density at radius 1 is 0.950 bits per heavy atom. The molecule has 1 fully saturated rings. The predicted molar refractivity (Wildman–Crippen MR) is 82.0 cm³/mol. The molecule has 0 radical (unpaired) electrons. The summed E-state index contributed by atoms with van der Waals surface area (Å²) in [6.07, 6.45) is 2.52. The molecule has 3 aromatic rings. The van der Waals surface area contributed by atoms with E-state index in [9.17, 15) is 4.79 Å².